The minimum absolute atomic E-state index is 0.0311. The van der Waals surface area contributed by atoms with Crippen molar-refractivity contribution in [2.24, 2.45) is 5.84 Å². The third-order valence-electron chi connectivity index (χ3n) is 3.90. The van der Waals surface area contributed by atoms with Crippen LogP contribution in [0.4, 0.5) is 0 Å². The fourth-order valence-electron chi connectivity index (χ4n) is 2.83. The van der Waals surface area contributed by atoms with Gasteiger partial charge in [0.05, 0.1) is 25.0 Å². The molecule has 2 aromatic rings. The van der Waals surface area contributed by atoms with Crippen LogP contribution in [0.5, 0.6) is 0 Å². The number of hydrazine groups is 1. The van der Waals surface area contributed by atoms with Crippen LogP contribution in [0.15, 0.2) is 41.0 Å². The van der Waals surface area contributed by atoms with Gasteiger partial charge in [0.1, 0.15) is 5.76 Å². The van der Waals surface area contributed by atoms with E-state index in [2.05, 4.69) is 29.7 Å². The van der Waals surface area contributed by atoms with Gasteiger partial charge in [0, 0.05) is 5.56 Å². The maximum atomic E-state index is 5.94. The van der Waals surface area contributed by atoms with E-state index in [1.807, 2.05) is 13.0 Å². The number of nitrogens with two attached hydrogens (primary N) is 1. The van der Waals surface area contributed by atoms with Crippen molar-refractivity contribution in [3.63, 3.8) is 0 Å². The van der Waals surface area contributed by atoms with Crippen LogP contribution in [0.25, 0.3) is 0 Å². The Morgan fingerprint density at radius 3 is 3.00 bits per heavy atom. The number of rotatable bonds is 4. The number of benzene rings is 1. The summed E-state index contributed by atoms with van der Waals surface area (Å²) >= 11 is 0. The highest BCUT2D eigenvalue weighted by Crippen LogP contribution is 2.34. The molecule has 2 unspecified atom stereocenters. The van der Waals surface area contributed by atoms with Crippen molar-refractivity contribution in [2.75, 3.05) is 6.61 Å². The molecular formula is C16H20N2O2. The number of fused-ring (bicyclic) bond motifs is 1. The zero-order chi connectivity index (χ0) is 13.9. The summed E-state index contributed by atoms with van der Waals surface area (Å²) in [7, 11) is 0. The molecule has 1 aliphatic heterocycles. The standard InChI is InChI=1S/C16H20N2O2/c1-11-8-13(10-20-11)15(18-17)9-16-14-5-3-2-4-12(14)6-7-19-16/h2-5,8,10,15-16,18H,6-7,9,17H2,1H3. The molecule has 4 heteroatoms. The van der Waals surface area contributed by atoms with Crippen molar-refractivity contribution < 1.29 is 9.15 Å². The summed E-state index contributed by atoms with van der Waals surface area (Å²) < 4.78 is 11.3. The first-order valence-electron chi connectivity index (χ1n) is 6.98. The lowest BCUT2D eigenvalue weighted by molar-refractivity contribution is 0.0292. The normalized spacial score (nSPS) is 19.6. The third kappa shape index (κ3) is 2.63. The highest BCUT2D eigenvalue weighted by atomic mass is 16.5. The first-order chi connectivity index (χ1) is 9.78. The van der Waals surface area contributed by atoms with Gasteiger partial charge >= 0.3 is 0 Å². The molecule has 0 saturated carbocycles. The van der Waals surface area contributed by atoms with Crippen molar-refractivity contribution in [3.05, 3.63) is 59.0 Å². The van der Waals surface area contributed by atoms with Crippen LogP contribution in [-0.2, 0) is 11.2 Å². The largest absolute Gasteiger partial charge is 0.469 e. The Morgan fingerprint density at radius 2 is 2.25 bits per heavy atom. The zero-order valence-electron chi connectivity index (χ0n) is 11.6. The second-order valence-electron chi connectivity index (χ2n) is 5.25. The van der Waals surface area contributed by atoms with E-state index in [0.29, 0.717) is 0 Å². The molecule has 0 fully saturated rings. The van der Waals surface area contributed by atoms with Gasteiger partial charge in [0.25, 0.3) is 0 Å². The van der Waals surface area contributed by atoms with E-state index >= 15 is 0 Å². The van der Waals surface area contributed by atoms with Crippen LogP contribution < -0.4 is 11.3 Å². The Kier molecular flexibility index (Phi) is 3.87. The van der Waals surface area contributed by atoms with Gasteiger partial charge in [-0.05, 0) is 37.0 Å². The van der Waals surface area contributed by atoms with E-state index in [1.54, 1.807) is 6.26 Å². The first kappa shape index (κ1) is 13.4. The Bertz CT molecular complexity index is 579. The van der Waals surface area contributed by atoms with Crippen LogP contribution >= 0.6 is 0 Å². The number of hydrogen-bond donors (Lipinski definition) is 2. The molecule has 2 atom stereocenters. The topological polar surface area (TPSA) is 60.4 Å². The van der Waals surface area contributed by atoms with Crippen LogP contribution in [-0.4, -0.2) is 6.61 Å². The SMILES string of the molecule is Cc1cc(C(CC2OCCc3ccccc32)NN)co1. The predicted octanol–water partition coefficient (Wildman–Crippen LogP) is 2.80. The molecular weight excluding hydrogens is 252 g/mol. The molecule has 4 nitrogen and oxygen atoms in total. The lowest BCUT2D eigenvalue weighted by atomic mass is 9.92. The fourth-order valence-corrected chi connectivity index (χ4v) is 2.83. The Labute approximate surface area is 118 Å². The summed E-state index contributed by atoms with van der Waals surface area (Å²) in [4.78, 5) is 0. The van der Waals surface area contributed by atoms with Crippen molar-refractivity contribution in [1.29, 1.82) is 0 Å². The van der Waals surface area contributed by atoms with Crippen LogP contribution in [0.3, 0.4) is 0 Å². The molecule has 20 heavy (non-hydrogen) atoms. The number of furan rings is 1. The van der Waals surface area contributed by atoms with E-state index in [4.69, 9.17) is 15.0 Å². The number of aryl methyl sites for hydroxylation is 1. The first-order valence-corrected chi connectivity index (χ1v) is 6.98. The van der Waals surface area contributed by atoms with Crippen LogP contribution in [0.2, 0.25) is 0 Å². The molecule has 2 heterocycles. The zero-order valence-corrected chi connectivity index (χ0v) is 11.6. The van der Waals surface area contributed by atoms with Gasteiger partial charge in [-0.15, -0.1) is 0 Å². The minimum atomic E-state index is 0.0311. The summed E-state index contributed by atoms with van der Waals surface area (Å²) in [5.41, 5.74) is 6.59. The molecule has 1 aromatic heterocycles. The predicted molar refractivity (Wildman–Crippen MR) is 77.0 cm³/mol. The van der Waals surface area contributed by atoms with E-state index in [9.17, 15) is 0 Å². The molecule has 1 aromatic carbocycles. The third-order valence-corrected chi connectivity index (χ3v) is 3.90. The maximum absolute atomic E-state index is 5.94. The van der Waals surface area contributed by atoms with Gasteiger partial charge in [-0.2, -0.15) is 0 Å². The van der Waals surface area contributed by atoms with E-state index in [0.717, 1.165) is 30.8 Å². The van der Waals surface area contributed by atoms with E-state index < -0.39 is 0 Å². The van der Waals surface area contributed by atoms with Crippen molar-refractivity contribution in [2.45, 2.75) is 31.9 Å². The summed E-state index contributed by atoms with van der Waals surface area (Å²) in [5, 5.41) is 0. The highest BCUT2D eigenvalue weighted by molar-refractivity contribution is 5.31. The quantitative estimate of drug-likeness (QED) is 0.663. The van der Waals surface area contributed by atoms with Crippen molar-refractivity contribution in [1.82, 2.24) is 5.43 Å². The molecule has 0 saturated heterocycles. The minimum Gasteiger partial charge on any atom is -0.469 e. The molecule has 0 amide bonds. The van der Waals surface area contributed by atoms with Gasteiger partial charge in [-0.3, -0.25) is 11.3 Å². The molecule has 0 spiro atoms. The van der Waals surface area contributed by atoms with Gasteiger partial charge < -0.3 is 9.15 Å². The van der Waals surface area contributed by atoms with Crippen molar-refractivity contribution in [3.8, 4) is 0 Å². The molecule has 1 aliphatic rings. The number of hydrogen-bond acceptors (Lipinski definition) is 4. The summed E-state index contributed by atoms with van der Waals surface area (Å²) in [6, 6.07) is 10.5. The smallest absolute Gasteiger partial charge is 0.101 e. The highest BCUT2D eigenvalue weighted by Gasteiger charge is 2.25. The molecule has 3 rings (SSSR count). The van der Waals surface area contributed by atoms with Gasteiger partial charge in [-0.25, -0.2) is 0 Å². The summed E-state index contributed by atoms with van der Waals surface area (Å²) in [6.45, 7) is 2.70. The molecule has 0 bridgehead atoms. The Morgan fingerprint density at radius 1 is 1.40 bits per heavy atom. The molecule has 0 aliphatic carbocycles. The average molecular weight is 272 g/mol. The fraction of sp³-hybridized carbons (Fsp3) is 0.375. The summed E-state index contributed by atoms with van der Waals surface area (Å²) in [5.74, 6) is 6.60. The lowest BCUT2D eigenvalue weighted by Crippen LogP contribution is -2.30. The second kappa shape index (κ2) is 5.79. The molecule has 106 valence electrons. The monoisotopic (exact) mass is 272 g/mol. The van der Waals surface area contributed by atoms with Gasteiger partial charge in [-0.1, -0.05) is 24.3 Å². The number of nitrogens with one attached hydrogen (secondary N) is 1. The average Bonchev–Trinajstić information content (AvgIpc) is 2.91. The molecule has 3 N–H and O–H groups in total. The Hall–Kier alpha value is -1.62. The summed E-state index contributed by atoms with van der Waals surface area (Å²) in [6.07, 6.45) is 3.62. The van der Waals surface area contributed by atoms with Gasteiger partial charge in [0.15, 0.2) is 0 Å². The number of ether oxygens (including phenoxy) is 1. The van der Waals surface area contributed by atoms with Gasteiger partial charge in [0.2, 0.25) is 0 Å². The van der Waals surface area contributed by atoms with E-state index in [1.165, 1.54) is 11.1 Å². The van der Waals surface area contributed by atoms with Crippen LogP contribution in [0.1, 0.15) is 41.0 Å². The van der Waals surface area contributed by atoms with Crippen molar-refractivity contribution >= 4 is 0 Å². The maximum Gasteiger partial charge on any atom is 0.101 e. The van der Waals surface area contributed by atoms with Crippen LogP contribution in [0, 0.1) is 6.92 Å². The lowest BCUT2D eigenvalue weighted by Gasteiger charge is -2.28. The second-order valence-corrected chi connectivity index (χ2v) is 5.25. The Balaban J connectivity index is 1.80. The molecule has 0 radical (unpaired) electrons. The van der Waals surface area contributed by atoms with E-state index in [-0.39, 0.29) is 12.1 Å².